The van der Waals surface area contributed by atoms with E-state index in [4.69, 9.17) is 0 Å². The molecule has 1 heterocycles. The van der Waals surface area contributed by atoms with E-state index in [9.17, 15) is 10.1 Å². The fraction of sp³-hybridized carbons (Fsp3) is 0.263. The van der Waals surface area contributed by atoms with Gasteiger partial charge in [0.1, 0.15) is 0 Å². The summed E-state index contributed by atoms with van der Waals surface area (Å²) in [7, 11) is 0. The maximum Gasteiger partial charge on any atom is 0.274 e. The number of nitro benzene ring substituents is 1. The Balaban J connectivity index is 1.83. The SMILES string of the molecule is Cc1ccc2c(c1)[C@@H]1C=CC[C@H]1[C@@H](c1ccccc1[N+](=O)[O-])N2. The van der Waals surface area contributed by atoms with Gasteiger partial charge in [0.15, 0.2) is 0 Å². The summed E-state index contributed by atoms with van der Waals surface area (Å²) >= 11 is 0. The molecule has 2 aliphatic rings. The van der Waals surface area contributed by atoms with Crippen LogP contribution in [0.4, 0.5) is 11.4 Å². The molecule has 1 aliphatic heterocycles. The maximum absolute atomic E-state index is 11.4. The molecule has 0 radical (unpaired) electrons. The van der Waals surface area contributed by atoms with Crippen molar-refractivity contribution in [3.63, 3.8) is 0 Å². The summed E-state index contributed by atoms with van der Waals surface area (Å²) in [6.07, 6.45) is 5.41. The number of allylic oxidation sites excluding steroid dienone is 2. The molecule has 4 rings (SSSR count). The van der Waals surface area contributed by atoms with Crippen LogP contribution >= 0.6 is 0 Å². The topological polar surface area (TPSA) is 55.2 Å². The van der Waals surface area contributed by atoms with Gasteiger partial charge >= 0.3 is 0 Å². The van der Waals surface area contributed by atoms with E-state index in [1.807, 2.05) is 12.1 Å². The smallest absolute Gasteiger partial charge is 0.274 e. The van der Waals surface area contributed by atoms with Crippen molar-refractivity contribution in [1.82, 2.24) is 0 Å². The van der Waals surface area contributed by atoms with Gasteiger partial charge in [0, 0.05) is 17.7 Å². The first-order chi connectivity index (χ1) is 11.1. The van der Waals surface area contributed by atoms with Gasteiger partial charge < -0.3 is 5.32 Å². The van der Waals surface area contributed by atoms with Crippen LogP contribution in [-0.2, 0) is 0 Å². The standard InChI is InChI=1S/C19H18N2O2/c1-12-9-10-17-16(11-12)13-6-4-7-14(13)19(20-17)15-5-2-3-8-18(15)21(22)23/h2-6,8-11,13-14,19-20H,7H2,1H3/t13-,14-,19+/m1/s1. The Hall–Kier alpha value is -2.62. The lowest BCUT2D eigenvalue weighted by molar-refractivity contribution is -0.385. The number of benzene rings is 2. The molecule has 0 amide bonds. The lowest BCUT2D eigenvalue weighted by Gasteiger charge is -2.37. The molecule has 4 heteroatoms. The number of nitrogens with one attached hydrogen (secondary N) is 1. The molecule has 1 aliphatic carbocycles. The predicted octanol–water partition coefficient (Wildman–Crippen LogP) is 4.73. The van der Waals surface area contributed by atoms with E-state index in [0.29, 0.717) is 11.8 Å². The van der Waals surface area contributed by atoms with Gasteiger partial charge in [0.25, 0.3) is 5.69 Å². The van der Waals surface area contributed by atoms with E-state index >= 15 is 0 Å². The Morgan fingerprint density at radius 3 is 2.83 bits per heavy atom. The Bertz CT molecular complexity index is 813. The number of anilines is 1. The zero-order chi connectivity index (χ0) is 16.0. The van der Waals surface area contributed by atoms with Crippen molar-refractivity contribution in [2.24, 2.45) is 5.92 Å². The molecule has 3 atom stereocenters. The van der Waals surface area contributed by atoms with Gasteiger partial charge in [-0.3, -0.25) is 10.1 Å². The Morgan fingerprint density at radius 2 is 2.00 bits per heavy atom. The molecule has 116 valence electrons. The third-order valence-electron chi connectivity index (χ3n) is 4.99. The van der Waals surface area contributed by atoms with Gasteiger partial charge in [-0.2, -0.15) is 0 Å². The maximum atomic E-state index is 11.4. The number of rotatable bonds is 2. The van der Waals surface area contributed by atoms with Crippen LogP contribution in [0.15, 0.2) is 54.6 Å². The van der Waals surface area contributed by atoms with Gasteiger partial charge in [-0.05, 0) is 30.9 Å². The third-order valence-corrected chi connectivity index (χ3v) is 4.99. The number of fused-ring (bicyclic) bond motifs is 3. The molecule has 0 fully saturated rings. The van der Waals surface area contributed by atoms with Crippen LogP contribution in [0, 0.1) is 23.0 Å². The van der Waals surface area contributed by atoms with Crippen molar-refractivity contribution in [2.45, 2.75) is 25.3 Å². The average Bonchev–Trinajstić information content (AvgIpc) is 3.04. The highest BCUT2D eigenvalue weighted by molar-refractivity contribution is 5.62. The van der Waals surface area contributed by atoms with E-state index < -0.39 is 0 Å². The number of hydrogen-bond acceptors (Lipinski definition) is 3. The van der Waals surface area contributed by atoms with Gasteiger partial charge in [0.2, 0.25) is 0 Å². The van der Waals surface area contributed by atoms with Crippen molar-refractivity contribution in [1.29, 1.82) is 0 Å². The van der Waals surface area contributed by atoms with E-state index in [0.717, 1.165) is 17.7 Å². The number of aryl methyl sites for hydroxylation is 1. The van der Waals surface area contributed by atoms with Crippen molar-refractivity contribution in [2.75, 3.05) is 5.32 Å². The molecule has 0 saturated carbocycles. The highest BCUT2D eigenvalue weighted by Gasteiger charge is 2.40. The van der Waals surface area contributed by atoms with Crippen molar-refractivity contribution in [3.05, 3.63) is 81.4 Å². The van der Waals surface area contributed by atoms with Crippen LogP contribution in [-0.4, -0.2) is 4.92 Å². The first kappa shape index (κ1) is 14.0. The molecular weight excluding hydrogens is 288 g/mol. The highest BCUT2D eigenvalue weighted by Crippen LogP contribution is 2.51. The molecule has 4 nitrogen and oxygen atoms in total. The zero-order valence-corrected chi connectivity index (χ0v) is 12.9. The summed E-state index contributed by atoms with van der Waals surface area (Å²) in [6.45, 7) is 2.10. The van der Waals surface area contributed by atoms with Gasteiger partial charge in [-0.15, -0.1) is 0 Å². The normalized spacial score (nSPS) is 24.7. The number of para-hydroxylation sites is 1. The lowest BCUT2D eigenvalue weighted by Crippen LogP contribution is -2.29. The molecule has 2 aromatic carbocycles. The second-order valence-corrected chi connectivity index (χ2v) is 6.38. The molecule has 2 aromatic rings. The minimum absolute atomic E-state index is 0.0354. The molecule has 0 aromatic heterocycles. The molecule has 23 heavy (non-hydrogen) atoms. The van der Waals surface area contributed by atoms with Gasteiger partial charge in [0.05, 0.1) is 16.5 Å². The second-order valence-electron chi connectivity index (χ2n) is 6.38. The zero-order valence-electron chi connectivity index (χ0n) is 12.9. The van der Waals surface area contributed by atoms with Crippen LogP contribution in [0.1, 0.15) is 35.1 Å². The van der Waals surface area contributed by atoms with E-state index in [2.05, 4.69) is 42.6 Å². The van der Waals surface area contributed by atoms with Crippen LogP contribution in [0.25, 0.3) is 0 Å². The monoisotopic (exact) mass is 306 g/mol. The predicted molar refractivity (Wildman–Crippen MR) is 90.6 cm³/mol. The van der Waals surface area contributed by atoms with Crippen LogP contribution in [0.3, 0.4) is 0 Å². The Morgan fingerprint density at radius 1 is 1.17 bits per heavy atom. The molecule has 1 N–H and O–H groups in total. The summed E-state index contributed by atoms with van der Waals surface area (Å²) in [4.78, 5) is 11.1. The van der Waals surface area contributed by atoms with Crippen molar-refractivity contribution >= 4 is 11.4 Å². The van der Waals surface area contributed by atoms with Crippen LogP contribution in [0.2, 0.25) is 0 Å². The molecule has 0 spiro atoms. The van der Waals surface area contributed by atoms with E-state index in [-0.39, 0.29) is 16.7 Å². The molecular formula is C19H18N2O2. The largest absolute Gasteiger partial charge is 0.377 e. The molecule has 0 saturated heterocycles. The fourth-order valence-corrected chi connectivity index (χ4v) is 3.94. The number of nitro groups is 1. The summed E-state index contributed by atoms with van der Waals surface area (Å²) < 4.78 is 0. The molecule has 0 unspecified atom stereocenters. The van der Waals surface area contributed by atoms with E-state index in [1.54, 1.807) is 12.1 Å². The van der Waals surface area contributed by atoms with E-state index in [1.165, 1.54) is 11.1 Å². The highest BCUT2D eigenvalue weighted by atomic mass is 16.6. The molecule has 0 bridgehead atoms. The van der Waals surface area contributed by atoms with Crippen molar-refractivity contribution < 1.29 is 4.92 Å². The lowest BCUT2D eigenvalue weighted by atomic mass is 9.76. The summed E-state index contributed by atoms with van der Waals surface area (Å²) in [5.41, 5.74) is 4.62. The quantitative estimate of drug-likeness (QED) is 0.496. The summed E-state index contributed by atoms with van der Waals surface area (Å²) in [6, 6.07) is 13.5. The van der Waals surface area contributed by atoms with Gasteiger partial charge in [-0.1, -0.05) is 48.0 Å². The number of hydrogen-bond donors (Lipinski definition) is 1. The van der Waals surface area contributed by atoms with Crippen LogP contribution < -0.4 is 5.32 Å². The summed E-state index contributed by atoms with van der Waals surface area (Å²) in [5, 5.41) is 15.0. The third kappa shape index (κ3) is 2.22. The first-order valence-corrected chi connectivity index (χ1v) is 7.92. The second kappa shape index (κ2) is 5.23. The Kier molecular flexibility index (Phi) is 3.18. The van der Waals surface area contributed by atoms with Gasteiger partial charge in [-0.25, -0.2) is 0 Å². The first-order valence-electron chi connectivity index (χ1n) is 7.92. The van der Waals surface area contributed by atoms with Crippen LogP contribution in [0.5, 0.6) is 0 Å². The minimum Gasteiger partial charge on any atom is -0.377 e. The minimum atomic E-state index is -0.279. The number of nitrogens with zero attached hydrogens (tertiary/aromatic N) is 1. The fourth-order valence-electron chi connectivity index (χ4n) is 3.94. The summed E-state index contributed by atoms with van der Waals surface area (Å²) in [5.74, 6) is 0.654. The Labute approximate surface area is 135 Å². The van der Waals surface area contributed by atoms with Crippen molar-refractivity contribution in [3.8, 4) is 0 Å². The average molecular weight is 306 g/mol.